The Bertz CT molecular complexity index is 801. The van der Waals surface area contributed by atoms with E-state index in [4.69, 9.17) is 4.74 Å². The second kappa shape index (κ2) is 9.32. The zero-order chi connectivity index (χ0) is 19.9. The van der Waals surface area contributed by atoms with Gasteiger partial charge in [-0.05, 0) is 48.5 Å². The first-order chi connectivity index (χ1) is 13.6. The zero-order valence-corrected chi connectivity index (χ0v) is 15.9. The third-order valence-corrected chi connectivity index (χ3v) is 4.82. The fourth-order valence-electron chi connectivity index (χ4n) is 3.12. The molecule has 1 aliphatic heterocycles. The highest BCUT2D eigenvalue weighted by molar-refractivity contribution is 5.94. The fraction of sp³-hybridized carbons (Fsp3) is 0.333. The minimum atomic E-state index is -0.349. The molecule has 0 bridgehead atoms. The van der Waals surface area contributed by atoms with Crippen LogP contribution in [0.15, 0.2) is 48.5 Å². The molecule has 0 aliphatic carbocycles. The summed E-state index contributed by atoms with van der Waals surface area (Å²) >= 11 is 0. The van der Waals surface area contributed by atoms with Gasteiger partial charge in [0.05, 0.1) is 7.11 Å². The minimum absolute atomic E-state index is 0.0764. The van der Waals surface area contributed by atoms with Gasteiger partial charge in [0.15, 0.2) is 0 Å². The quantitative estimate of drug-likeness (QED) is 0.827. The first kappa shape index (κ1) is 19.8. The molecule has 0 spiro atoms. The first-order valence-electron chi connectivity index (χ1n) is 9.26. The van der Waals surface area contributed by atoms with Crippen molar-refractivity contribution in [1.82, 2.24) is 15.1 Å². The Hall–Kier alpha value is -2.93. The van der Waals surface area contributed by atoms with E-state index in [0.29, 0.717) is 36.5 Å². The second-order valence-electron chi connectivity index (χ2n) is 6.63. The van der Waals surface area contributed by atoms with Gasteiger partial charge >= 0.3 is 0 Å². The van der Waals surface area contributed by atoms with E-state index in [0.717, 1.165) is 19.6 Å². The Balaban J connectivity index is 1.40. The molecule has 1 heterocycles. The van der Waals surface area contributed by atoms with Crippen LogP contribution in [0.2, 0.25) is 0 Å². The molecule has 1 N–H and O–H groups in total. The average Bonchev–Trinajstić information content (AvgIpc) is 2.74. The van der Waals surface area contributed by atoms with Crippen LogP contribution in [-0.2, 0) is 0 Å². The van der Waals surface area contributed by atoms with Gasteiger partial charge in [-0.15, -0.1) is 0 Å². The van der Waals surface area contributed by atoms with E-state index >= 15 is 0 Å². The maximum Gasteiger partial charge on any atom is 0.253 e. The Labute approximate surface area is 163 Å². The van der Waals surface area contributed by atoms with Gasteiger partial charge in [0.2, 0.25) is 0 Å². The number of nitrogens with one attached hydrogen (secondary N) is 1. The van der Waals surface area contributed by atoms with Crippen LogP contribution in [0.5, 0.6) is 5.75 Å². The molecule has 0 saturated carbocycles. The highest BCUT2D eigenvalue weighted by Crippen LogP contribution is 2.12. The van der Waals surface area contributed by atoms with Crippen molar-refractivity contribution in [1.29, 1.82) is 0 Å². The maximum absolute atomic E-state index is 13.0. The smallest absolute Gasteiger partial charge is 0.253 e. The fourth-order valence-corrected chi connectivity index (χ4v) is 3.12. The molecule has 2 amide bonds. The van der Waals surface area contributed by atoms with Crippen molar-refractivity contribution in [2.45, 2.75) is 0 Å². The molecular weight excluding hydrogens is 361 g/mol. The maximum atomic E-state index is 13.0. The molecule has 2 aromatic rings. The number of ether oxygens (including phenoxy) is 1. The number of halogens is 1. The number of rotatable bonds is 6. The van der Waals surface area contributed by atoms with Gasteiger partial charge in [0.25, 0.3) is 11.8 Å². The van der Waals surface area contributed by atoms with Gasteiger partial charge in [-0.25, -0.2) is 4.39 Å². The number of nitrogens with zero attached hydrogens (tertiary/aromatic N) is 2. The molecule has 3 rings (SSSR count). The molecule has 1 fully saturated rings. The predicted octanol–water partition coefficient (Wildman–Crippen LogP) is 2.02. The lowest BCUT2D eigenvalue weighted by Gasteiger charge is -2.34. The summed E-state index contributed by atoms with van der Waals surface area (Å²) in [6.07, 6.45) is 0. The highest BCUT2D eigenvalue weighted by atomic mass is 19.1. The third-order valence-electron chi connectivity index (χ3n) is 4.82. The van der Waals surface area contributed by atoms with Gasteiger partial charge in [-0.3, -0.25) is 14.5 Å². The SMILES string of the molecule is COc1ccc(C(=O)NCCN2CCN(C(=O)c3ccc(F)cc3)CC2)cc1. The summed E-state index contributed by atoms with van der Waals surface area (Å²) in [5.41, 5.74) is 1.09. The Morgan fingerprint density at radius 2 is 1.57 bits per heavy atom. The summed E-state index contributed by atoms with van der Waals surface area (Å²) in [6, 6.07) is 12.6. The molecule has 148 valence electrons. The van der Waals surface area contributed by atoms with Gasteiger partial charge in [0, 0.05) is 50.4 Å². The van der Waals surface area contributed by atoms with Crippen LogP contribution < -0.4 is 10.1 Å². The molecule has 1 aliphatic rings. The number of hydrogen-bond acceptors (Lipinski definition) is 4. The number of carbonyl (C=O) groups excluding carboxylic acids is 2. The van der Waals surface area contributed by atoms with Gasteiger partial charge in [-0.2, -0.15) is 0 Å². The monoisotopic (exact) mass is 385 g/mol. The number of methoxy groups -OCH3 is 1. The number of amides is 2. The van der Waals surface area contributed by atoms with Crippen molar-refractivity contribution in [2.75, 3.05) is 46.4 Å². The lowest BCUT2D eigenvalue weighted by atomic mass is 10.2. The van der Waals surface area contributed by atoms with E-state index in [-0.39, 0.29) is 17.6 Å². The average molecular weight is 385 g/mol. The van der Waals surface area contributed by atoms with E-state index < -0.39 is 0 Å². The van der Waals surface area contributed by atoms with Crippen molar-refractivity contribution in [3.05, 3.63) is 65.5 Å². The number of carbonyl (C=O) groups is 2. The summed E-state index contributed by atoms with van der Waals surface area (Å²) < 4.78 is 18.1. The van der Waals surface area contributed by atoms with E-state index in [9.17, 15) is 14.0 Å². The normalized spacial score (nSPS) is 14.6. The van der Waals surface area contributed by atoms with Crippen LogP contribution >= 0.6 is 0 Å². The summed E-state index contributed by atoms with van der Waals surface area (Å²) in [5.74, 6) is 0.169. The van der Waals surface area contributed by atoms with Crippen molar-refractivity contribution in [3.63, 3.8) is 0 Å². The van der Waals surface area contributed by atoms with Gasteiger partial charge < -0.3 is 15.0 Å². The van der Waals surface area contributed by atoms with Crippen LogP contribution in [0.25, 0.3) is 0 Å². The van der Waals surface area contributed by atoms with Crippen LogP contribution in [0.3, 0.4) is 0 Å². The molecule has 7 heteroatoms. The van der Waals surface area contributed by atoms with Crippen LogP contribution in [-0.4, -0.2) is 68.0 Å². The van der Waals surface area contributed by atoms with E-state index in [1.54, 1.807) is 36.3 Å². The Kier molecular flexibility index (Phi) is 6.60. The van der Waals surface area contributed by atoms with Crippen LogP contribution in [0.1, 0.15) is 20.7 Å². The van der Waals surface area contributed by atoms with Crippen molar-refractivity contribution < 1.29 is 18.7 Å². The van der Waals surface area contributed by atoms with Crippen LogP contribution in [0.4, 0.5) is 4.39 Å². The molecule has 0 unspecified atom stereocenters. The number of hydrogen-bond donors (Lipinski definition) is 1. The summed E-state index contributed by atoms with van der Waals surface area (Å²) in [4.78, 5) is 28.6. The summed E-state index contributed by atoms with van der Waals surface area (Å²) in [7, 11) is 1.59. The van der Waals surface area contributed by atoms with E-state index in [2.05, 4.69) is 10.2 Å². The van der Waals surface area contributed by atoms with Crippen LogP contribution in [0, 0.1) is 5.82 Å². The zero-order valence-electron chi connectivity index (χ0n) is 15.9. The molecule has 6 nitrogen and oxygen atoms in total. The highest BCUT2D eigenvalue weighted by Gasteiger charge is 2.22. The predicted molar refractivity (Wildman–Crippen MR) is 104 cm³/mol. The molecule has 0 aromatic heterocycles. The molecular formula is C21H24FN3O3. The molecule has 28 heavy (non-hydrogen) atoms. The topological polar surface area (TPSA) is 61.9 Å². The van der Waals surface area contributed by atoms with Crippen molar-refractivity contribution >= 4 is 11.8 Å². The second-order valence-corrected chi connectivity index (χ2v) is 6.63. The van der Waals surface area contributed by atoms with E-state index in [1.165, 1.54) is 24.3 Å². The Morgan fingerprint density at radius 3 is 2.18 bits per heavy atom. The standard InChI is InChI=1S/C21H24FN3O3/c1-28-19-8-4-16(5-9-19)20(26)23-10-11-24-12-14-25(15-13-24)21(27)17-2-6-18(22)7-3-17/h2-9H,10-15H2,1H3,(H,23,26). The molecule has 2 aromatic carbocycles. The molecule has 1 saturated heterocycles. The van der Waals surface area contributed by atoms with E-state index in [1.807, 2.05) is 0 Å². The minimum Gasteiger partial charge on any atom is -0.497 e. The summed E-state index contributed by atoms with van der Waals surface area (Å²) in [6.45, 7) is 3.97. The third kappa shape index (κ3) is 5.07. The van der Waals surface area contributed by atoms with Crippen molar-refractivity contribution in [2.24, 2.45) is 0 Å². The first-order valence-corrected chi connectivity index (χ1v) is 9.26. The summed E-state index contributed by atoms with van der Waals surface area (Å²) in [5, 5.41) is 2.91. The largest absolute Gasteiger partial charge is 0.497 e. The number of piperazine rings is 1. The molecule has 0 atom stereocenters. The Morgan fingerprint density at radius 1 is 0.964 bits per heavy atom. The number of benzene rings is 2. The lowest BCUT2D eigenvalue weighted by Crippen LogP contribution is -2.50. The van der Waals surface area contributed by atoms with Crippen molar-refractivity contribution in [3.8, 4) is 5.75 Å². The lowest BCUT2D eigenvalue weighted by molar-refractivity contribution is 0.0638. The van der Waals surface area contributed by atoms with Gasteiger partial charge in [0.1, 0.15) is 11.6 Å². The molecule has 0 radical (unpaired) electrons. The van der Waals surface area contributed by atoms with Gasteiger partial charge in [-0.1, -0.05) is 0 Å².